The largest absolute Gasteiger partial charge is 0.317 e. The zero-order valence-corrected chi connectivity index (χ0v) is 9.40. The highest BCUT2D eigenvalue weighted by Gasteiger charge is 2.40. The molecule has 2 aliphatic heterocycles. The van der Waals surface area contributed by atoms with Gasteiger partial charge in [0.2, 0.25) is 0 Å². The average Bonchev–Trinajstić information content (AvgIpc) is 2.60. The molecule has 0 aromatic heterocycles. The van der Waals surface area contributed by atoms with Crippen LogP contribution in [0.1, 0.15) is 24.0 Å². The molecule has 2 N–H and O–H groups in total. The molecular weight excluding hydrogens is 208 g/mol. The van der Waals surface area contributed by atoms with Crippen LogP contribution in [0.25, 0.3) is 0 Å². The van der Waals surface area contributed by atoms with Crippen molar-refractivity contribution in [3.63, 3.8) is 0 Å². The minimum atomic E-state index is 0.152. The minimum absolute atomic E-state index is 0.152. The first kappa shape index (κ1) is 9.64. The number of hydrogen-bond acceptors (Lipinski definition) is 2. The van der Waals surface area contributed by atoms with Crippen LogP contribution in [0.2, 0.25) is 5.02 Å². The molecule has 2 nitrogen and oxygen atoms in total. The van der Waals surface area contributed by atoms with Gasteiger partial charge in [-0.3, -0.25) is 0 Å². The number of hydrogen-bond donors (Lipinski definition) is 2. The molecule has 0 bridgehead atoms. The summed E-state index contributed by atoms with van der Waals surface area (Å²) < 4.78 is 0. The first-order chi connectivity index (χ1) is 7.32. The highest BCUT2D eigenvalue weighted by molar-refractivity contribution is 6.31. The Morgan fingerprint density at radius 2 is 2.00 bits per heavy atom. The Kier molecular flexibility index (Phi) is 2.23. The fraction of sp³-hybridized carbons (Fsp3) is 0.500. The maximum Gasteiger partial charge on any atom is 0.0479 e. The van der Waals surface area contributed by atoms with Gasteiger partial charge in [-0.15, -0.1) is 0 Å². The summed E-state index contributed by atoms with van der Waals surface area (Å²) in [5.41, 5.74) is 2.89. The lowest BCUT2D eigenvalue weighted by atomic mass is 9.82. The molecule has 80 valence electrons. The van der Waals surface area contributed by atoms with Crippen LogP contribution in [0.3, 0.4) is 0 Å². The Hall–Kier alpha value is -0.570. The van der Waals surface area contributed by atoms with E-state index in [1.54, 1.807) is 0 Å². The van der Waals surface area contributed by atoms with Crippen molar-refractivity contribution in [2.75, 3.05) is 13.1 Å². The molecule has 1 fully saturated rings. The summed E-state index contributed by atoms with van der Waals surface area (Å²) in [6.45, 7) is 3.13. The van der Waals surface area contributed by atoms with Crippen molar-refractivity contribution in [2.24, 2.45) is 0 Å². The summed E-state index contributed by atoms with van der Waals surface area (Å²) in [5.74, 6) is 0. The van der Waals surface area contributed by atoms with Crippen LogP contribution >= 0.6 is 11.6 Å². The lowest BCUT2D eigenvalue weighted by Gasteiger charge is -2.35. The first-order valence-corrected chi connectivity index (χ1v) is 5.93. The van der Waals surface area contributed by atoms with E-state index in [9.17, 15) is 0 Å². The lowest BCUT2D eigenvalue weighted by molar-refractivity contribution is 0.265. The molecule has 2 heterocycles. The Morgan fingerprint density at radius 1 is 1.20 bits per heavy atom. The maximum absolute atomic E-state index is 6.33. The zero-order valence-electron chi connectivity index (χ0n) is 8.65. The van der Waals surface area contributed by atoms with E-state index in [4.69, 9.17) is 11.6 Å². The summed E-state index contributed by atoms with van der Waals surface area (Å²) >= 11 is 6.33. The topological polar surface area (TPSA) is 24.1 Å². The molecule has 0 aliphatic carbocycles. The number of halogens is 1. The van der Waals surface area contributed by atoms with Gasteiger partial charge in [0.25, 0.3) is 0 Å². The third kappa shape index (κ3) is 1.40. The number of nitrogens with one attached hydrogen (secondary N) is 2. The molecule has 15 heavy (non-hydrogen) atoms. The van der Waals surface area contributed by atoms with Gasteiger partial charge in [0.15, 0.2) is 0 Å². The predicted octanol–water partition coefficient (Wildman–Crippen LogP) is 2.02. The van der Waals surface area contributed by atoms with E-state index in [2.05, 4.69) is 16.7 Å². The number of rotatable bonds is 0. The first-order valence-electron chi connectivity index (χ1n) is 5.55. The van der Waals surface area contributed by atoms with Gasteiger partial charge >= 0.3 is 0 Å². The van der Waals surface area contributed by atoms with Gasteiger partial charge in [0.05, 0.1) is 0 Å². The molecule has 0 atom stereocenters. The van der Waals surface area contributed by atoms with Gasteiger partial charge in [-0.2, -0.15) is 0 Å². The third-order valence-electron chi connectivity index (χ3n) is 3.65. The fourth-order valence-corrected chi connectivity index (χ4v) is 3.26. The van der Waals surface area contributed by atoms with E-state index >= 15 is 0 Å². The molecule has 1 spiro atoms. The molecular formula is C12H15ClN2. The summed E-state index contributed by atoms with van der Waals surface area (Å²) in [7, 11) is 0. The van der Waals surface area contributed by atoms with Gasteiger partial charge in [0, 0.05) is 17.1 Å². The Bertz CT molecular complexity index is 378. The van der Waals surface area contributed by atoms with Gasteiger partial charge in [-0.1, -0.05) is 23.7 Å². The highest BCUT2D eigenvalue weighted by atomic mass is 35.5. The van der Waals surface area contributed by atoms with Crippen molar-refractivity contribution in [1.29, 1.82) is 0 Å². The van der Waals surface area contributed by atoms with Crippen molar-refractivity contribution in [1.82, 2.24) is 10.6 Å². The molecule has 2 aliphatic rings. The van der Waals surface area contributed by atoms with Gasteiger partial charge in [0.1, 0.15) is 0 Å². The summed E-state index contributed by atoms with van der Waals surface area (Å²) in [4.78, 5) is 0. The molecule has 0 radical (unpaired) electrons. The Labute approximate surface area is 95.0 Å². The second kappa shape index (κ2) is 3.48. The van der Waals surface area contributed by atoms with Gasteiger partial charge in [-0.05, 0) is 43.1 Å². The standard InChI is InChI=1S/C12H15ClN2/c13-10-3-1-2-9-8-15-12(11(9)10)4-6-14-7-5-12/h1-3,14-15H,4-8H2. The molecule has 1 saturated heterocycles. The smallest absolute Gasteiger partial charge is 0.0479 e. The van der Waals surface area contributed by atoms with Crippen molar-refractivity contribution in [3.05, 3.63) is 34.3 Å². The van der Waals surface area contributed by atoms with E-state index in [1.807, 2.05) is 12.1 Å². The van der Waals surface area contributed by atoms with Crippen LogP contribution in [0.15, 0.2) is 18.2 Å². The second-order valence-corrected chi connectivity index (χ2v) is 4.87. The van der Waals surface area contributed by atoms with Gasteiger partial charge in [-0.25, -0.2) is 0 Å². The molecule has 3 heteroatoms. The molecule has 3 rings (SSSR count). The number of piperidine rings is 1. The van der Waals surface area contributed by atoms with Crippen LogP contribution < -0.4 is 10.6 Å². The summed E-state index contributed by atoms with van der Waals surface area (Å²) in [6.07, 6.45) is 2.29. The zero-order chi connectivity index (χ0) is 10.3. The Morgan fingerprint density at radius 3 is 2.80 bits per heavy atom. The quantitative estimate of drug-likeness (QED) is 0.702. The minimum Gasteiger partial charge on any atom is -0.317 e. The number of fused-ring (bicyclic) bond motifs is 2. The monoisotopic (exact) mass is 222 g/mol. The predicted molar refractivity (Wildman–Crippen MR) is 62.1 cm³/mol. The fourth-order valence-electron chi connectivity index (χ4n) is 2.89. The van der Waals surface area contributed by atoms with Crippen LogP contribution in [-0.2, 0) is 12.1 Å². The van der Waals surface area contributed by atoms with Crippen molar-refractivity contribution in [3.8, 4) is 0 Å². The lowest BCUT2D eigenvalue weighted by Crippen LogP contribution is -2.46. The van der Waals surface area contributed by atoms with E-state index in [-0.39, 0.29) is 5.54 Å². The van der Waals surface area contributed by atoms with Crippen LogP contribution in [0.4, 0.5) is 0 Å². The van der Waals surface area contributed by atoms with E-state index in [0.29, 0.717) is 0 Å². The van der Waals surface area contributed by atoms with Crippen molar-refractivity contribution < 1.29 is 0 Å². The average molecular weight is 223 g/mol. The van der Waals surface area contributed by atoms with E-state index < -0.39 is 0 Å². The molecule has 0 saturated carbocycles. The van der Waals surface area contributed by atoms with Crippen molar-refractivity contribution >= 4 is 11.6 Å². The Balaban J connectivity index is 2.09. The molecule has 0 amide bonds. The van der Waals surface area contributed by atoms with Gasteiger partial charge < -0.3 is 10.6 Å². The maximum atomic E-state index is 6.33. The van der Waals surface area contributed by atoms with Crippen LogP contribution in [0, 0.1) is 0 Å². The molecule has 1 aromatic carbocycles. The number of benzene rings is 1. The highest BCUT2D eigenvalue weighted by Crippen LogP contribution is 2.41. The summed E-state index contributed by atoms with van der Waals surface area (Å²) in [6, 6.07) is 6.24. The van der Waals surface area contributed by atoms with Crippen molar-refractivity contribution in [2.45, 2.75) is 24.9 Å². The third-order valence-corrected chi connectivity index (χ3v) is 3.97. The van der Waals surface area contributed by atoms with E-state index in [1.165, 1.54) is 11.1 Å². The SMILES string of the molecule is Clc1cccc2c1C1(CCNCC1)NC2. The van der Waals surface area contributed by atoms with E-state index in [0.717, 1.165) is 37.5 Å². The van der Waals surface area contributed by atoms with Crippen LogP contribution in [0.5, 0.6) is 0 Å². The molecule has 0 unspecified atom stereocenters. The second-order valence-electron chi connectivity index (χ2n) is 4.46. The normalized spacial score (nSPS) is 23.0. The van der Waals surface area contributed by atoms with Crippen LogP contribution in [-0.4, -0.2) is 13.1 Å². The summed E-state index contributed by atoms with van der Waals surface area (Å²) in [5, 5.41) is 7.99. The molecule has 1 aromatic rings.